The Hall–Kier alpha value is 0.539. The number of hydrogen-bond donors (Lipinski definition) is 0. The summed E-state index contributed by atoms with van der Waals surface area (Å²) in [6.07, 6.45) is 3.50. The normalized spacial score (nSPS) is 5.33. The summed E-state index contributed by atoms with van der Waals surface area (Å²) < 4.78 is 0. The minimum atomic E-state index is 0. The quantitative estimate of drug-likeness (QED) is 0.621. The molecule has 0 aromatic carbocycles. The van der Waals surface area contributed by atoms with Gasteiger partial charge in [0.25, 0.3) is 0 Å². The number of aromatic nitrogens is 1. The Labute approximate surface area is 83.0 Å². The molecule has 0 aliphatic rings. The number of hydrogen-bond acceptors (Lipinski definition) is 1. The van der Waals surface area contributed by atoms with Crippen molar-refractivity contribution in [3.05, 3.63) is 30.6 Å². The predicted molar refractivity (Wildman–Crippen MR) is 34.6 cm³/mol. The molecule has 1 aromatic rings. The molecule has 1 aromatic heterocycles. The first-order valence-electron chi connectivity index (χ1n) is 1.85. The fourth-order valence-corrected chi connectivity index (χ4v) is 0.313. The summed E-state index contributed by atoms with van der Waals surface area (Å²) >= 11 is 0. The average Bonchev–Trinajstić information content (AvgIpc) is 1.72. The molecule has 0 N–H and O–H groups in total. The van der Waals surface area contributed by atoms with E-state index in [4.69, 9.17) is 0 Å². The van der Waals surface area contributed by atoms with E-state index >= 15 is 0 Å². The van der Waals surface area contributed by atoms with E-state index in [0.29, 0.717) is 0 Å². The van der Waals surface area contributed by atoms with Crippen LogP contribution >= 0.6 is 13.5 Å². The van der Waals surface area contributed by atoms with Gasteiger partial charge >= 0.3 is 0 Å². The van der Waals surface area contributed by atoms with Crippen molar-refractivity contribution in [2.75, 3.05) is 0 Å². The molecule has 0 aliphatic heterocycles. The predicted octanol–water partition coefficient (Wildman–Crippen LogP) is 1.19. The molecule has 4 heteroatoms. The van der Waals surface area contributed by atoms with Crippen molar-refractivity contribution in [2.24, 2.45) is 0 Å². The van der Waals surface area contributed by atoms with E-state index < -0.39 is 0 Å². The van der Waals surface area contributed by atoms with E-state index in [2.05, 4.69) is 4.98 Å². The van der Waals surface area contributed by atoms with Crippen molar-refractivity contribution >= 4 is 13.5 Å². The molecule has 0 spiro atoms. The Balaban J connectivity index is -0.000000120. The molecule has 2 radical (unpaired) electrons. The van der Waals surface area contributed by atoms with E-state index in [9.17, 15) is 0 Å². The van der Waals surface area contributed by atoms with Gasteiger partial charge in [0, 0.05) is 46.5 Å². The zero-order valence-corrected chi connectivity index (χ0v) is 7.32. The van der Waals surface area contributed by atoms with E-state index in [0.717, 1.165) is 0 Å². The van der Waals surface area contributed by atoms with Gasteiger partial charge < -0.3 is 0 Å². The van der Waals surface area contributed by atoms with E-state index in [1.807, 2.05) is 18.2 Å². The molecule has 0 unspecified atom stereocenters. The van der Waals surface area contributed by atoms with Crippen LogP contribution in [0.3, 0.4) is 0 Å². The molecule has 9 heavy (non-hydrogen) atoms. The van der Waals surface area contributed by atoms with Crippen molar-refractivity contribution in [1.82, 2.24) is 4.98 Å². The summed E-state index contributed by atoms with van der Waals surface area (Å²) in [6.45, 7) is 0. The molecular formula is C5H7Cu2NS. The van der Waals surface area contributed by atoms with Gasteiger partial charge in [-0.1, -0.05) is 6.07 Å². The van der Waals surface area contributed by atoms with Gasteiger partial charge in [-0.2, -0.15) is 13.5 Å². The Morgan fingerprint density at radius 1 is 0.778 bits per heavy atom. The number of rotatable bonds is 0. The van der Waals surface area contributed by atoms with Crippen LogP contribution in [0.1, 0.15) is 0 Å². The SMILES string of the molecule is S.[Cu].[Cu].c1ccncc1. The maximum absolute atomic E-state index is 3.78. The second-order valence-electron chi connectivity index (χ2n) is 1.02. The first-order chi connectivity index (χ1) is 3.00. The van der Waals surface area contributed by atoms with Gasteiger partial charge in [0.15, 0.2) is 0 Å². The number of pyridine rings is 1. The fraction of sp³-hybridized carbons (Fsp3) is 0. The van der Waals surface area contributed by atoms with E-state index in [-0.39, 0.29) is 47.6 Å². The first kappa shape index (κ1) is 16.3. The van der Waals surface area contributed by atoms with Crippen molar-refractivity contribution in [2.45, 2.75) is 0 Å². The molecule has 1 heterocycles. The van der Waals surface area contributed by atoms with Crippen LogP contribution < -0.4 is 0 Å². The van der Waals surface area contributed by atoms with Gasteiger partial charge in [-0.3, -0.25) is 4.98 Å². The van der Waals surface area contributed by atoms with Crippen LogP contribution in [0.25, 0.3) is 0 Å². The molecule has 0 amide bonds. The van der Waals surface area contributed by atoms with Crippen molar-refractivity contribution in [3.63, 3.8) is 0 Å². The zero-order chi connectivity index (χ0) is 4.24. The fourth-order valence-electron chi connectivity index (χ4n) is 0.313. The molecule has 0 aliphatic carbocycles. The summed E-state index contributed by atoms with van der Waals surface area (Å²) in [4.78, 5) is 3.78. The van der Waals surface area contributed by atoms with Crippen molar-refractivity contribution in [1.29, 1.82) is 0 Å². The second-order valence-corrected chi connectivity index (χ2v) is 1.02. The van der Waals surface area contributed by atoms with Gasteiger partial charge in [-0.05, 0) is 12.1 Å². The standard InChI is InChI=1S/C5H5N.2Cu.H2S/c1-2-4-6-5-3-1;;;/h1-5H;;;1H2. The molecule has 0 saturated carbocycles. The Kier molecular flexibility index (Phi) is 20.5. The Morgan fingerprint density at radius 3 is 1.33 bits per heavy atom. The third-order valence-corrected chi connectivity index (χ3v) is 0.566. The summed E-state index contributed by atoms with van der Waals surface area (Å²) in [5, 5.41) is 0. The zero-order valence-electron chi connectivity index (χ0n) is 4.44. The van der Waals surface area contributed by atoms with E-state index in [1.54, 1.807) is 12.4 Å². The topological polar surface area (TPSA) is 12.9 Å². The largest absolute Gasteiger partial charge is 0.265 e. The van der Waals surface area contributed by atoms with Crippen LogP contribution in [0.15, 0.2) is 30.6 Å². The van der Waals surface area contributed by atoms with Crippen LogP contribution in [-0.4, -0.2) is 4.98 Å². The van der Waals surface area contributed by atoms with E-state index in [1.165, 1.54) is 0 Å². The van der Waals surface area contributed by atoms with Crippen LogP contribution in [0.5, 0.6) is 0 Å². The second kappa shape index (κ2) is 11.4. The van der Waals surface area contributed by atoms with Gasteiger partial charge in [-0.25, -0.2) is 0 Å². The van der Waals surface area contributed by atoms with Gasteiger partial charge in [0.2, 0.25) is 0 Å². The van der Waals surface area contributed by atoms with Crippen LogP contribution in [-0.2, 0) is 34.1 Å². The Morgan fingerprint density at radius 2 is 1.22 bits per heavy atom. The summed E-state index contributed by atoms with van der Waals surface area (Å²) in [5.41, 5.74) is 0. The monoisotopic (exact) mass is 239 g/mol. The molecular weight excluding hydrogens is 233 g/mol. The third-order valence-electron chi connectivity index (χ3n) is 0.566. The van der Waals surface area contributed by atoms with Crippen LogP contribution in [0.2, 0.25) is 0 Å². The summed E-state index contributed by atoms with van der Waals surface area (Å²) in [7, 11) is 0. The summed E-state index contributed by atoms with van der Waals surface area (Å²) in [5.74, 6) is 0. The van der Waals surface area contributed by atoms with Gasteiger partial charge in [-0.15, -0.1) is 0 Å². The Bertz CT molecular complexity index is 86.9. The molecule has 1 nitrogen and oxygen atoms in total. The van der Waals surface area contributed by atoms with Gasteiger partial charge in [0.1, 0.15) is 0 Å². The summed E-state index contributed by atoms with van der Waals surface area (Å²) in [6, 6.07) is 5.72. The number of nitrogens with zero attached hydrogens (tertiary/aromatic N) is 1. The first-order valence-corrected chi connectivity index (χ1v) is 1.85. The molecule has 0 bridgehead atoms. The molecule has 0 atom stereocenters. The average molecular weight is 240 g/mol. The van der Waals surface area contributed by atoms with Crippen LogP contribution in [0.4, 0.5) is 0 Å². The van der Waals surface area contributed by atoms with Crippen LogP contribution in [0, 0.1) is 0 Å². The maximum Gasteiger partial charge on any atom is 0.0267 e. The minimum Gasteiger partial charge on any atom is -0.265 e. The smallest absolute Gasteiger partial charge is 0.0267 e. The maximum atomic E-state index is 3.78. The molecule has 1 rings (SSSR count). The van der Waals surface area contributed by atoms with Crippen molar-refractivity contribution in [3.8, 4) is 0 Å². The molecule has 60 valence electrons. The minimum absolute atomic E-state index is 0. The van der Waals surface area contributed by atoms with Crippen molar-refractivity contribution < 1.29 is 34.1 Å². The molecule has 0 saturated heterocycles. The third kappa shape index (κ3) is 8.54. The molecule has 0 fully saturated rings. The van der Waals surface area contributed by atoms with Gasteiger partial charge in [0.05, 0.1) is 0 Å².